The molecule has 0 saturated carbocycles. The first-order valence-corrected chi connectivity index (χ1v) is 9.31. The van der Waals surface area contributed by atoms with Gasteiger partial charge in [0.25, 0.3) is 0 Å². The average molecular weight is 333 g/mol. The molecule has 2 aromatic rings. The minimum atomic E-state index is -3.30. The lowest BCUT2D eigenvalue weighted by Crippen LogP contribution is -2.24. The summed E-state index contributed by atoms with van der Waals surface area (Å²) in [4.78, 5) is 0. The van der Waals surface area contributed by atoms with E-state index in [0.29, 0.717) is 17.4 Å². The molecule has 0 spiro atoms. The number of hydrogen-bond donors (Lipinski definition) is 0. The minimum Gasteiger partial charge on any atom is -0.496 e. The maximum absolute atomic E-state index is 11.7. The molecule has 0 heterocycles. The summed E-state index contributed by atoms with van der Waals surface area (Å²) in [6.07, 6.45) is 1.18. The Balaban J connectivity index is 2.44. The monoisotopic (exact) mass is 333 g/mol. The largest absolute Gasteiger partial charge is 0.496 e. The molecule has 0 aromatic heterocycles. The lowest BCUT2D eigenvalue weighted by molar-refractivity contribution is 0.416. The Labute approximate surface area is 138 Å². The smallest absolute Gasteiger partial charge is 0.231 e. The molecule has 0 aliphatic carbocycles. The molecule has 0 radical (unpaired) electrons. The van der Waals surface area contributed by atoms with Crippen LogP contribution >= 0.6 is 0 Å². The zero-order chi connectivity index (χ0) is 17.2. The molecule has 5 heteroatoms. The van der Waals surface area contributed by atoms with Gasteiger partial charge in [-0.25, -0.2) is 8.42 Å². The Kier molecular flexibility index (Phi) is 5.00. The van der Waals surface area contributed by atoms with Gasteiger partial charge in [-0.2, -0.15) is 0 Å². The van der Waals surface area contributed by atoms with Crippen molar-refractivity contribution in [3.8, 4) is 16.9 Å². The summed E-state index contributed by atoms with van der Waals surface area (Å²) in [6, 6.07) is 13.8. The molecule has 0 bridgehead atoms. The van der Waals surface area contributed by atoms with E-state index in [4.69, 9.17) is 4.74 Å². The zero-order valence-electron chi connectivity index (χ0n) is 14.2. The molecular formula is C18H23NO3S. The van der Waals surface area contributed by atoms with E-state index in [9.17, 15) is 8.42 Å². The van der Waals surface area contributed by atoms with Crippen LogP contribution in [-0.2, 0) is 10.0 Å². The number of anilines is 1. The van der Waals surface area contributed by atoms with Crippen molar-refractivity contribution in [1.82, 2.24) is 0 Å². The average Bonchev–Trinajstić information content (AvgIpc) is 2.52. The van der Waals surface area contributed by atoms with Crippen molar-refractivity contribution in [3.63, 3.8) is 0 Å². The third-order valence-electron chi connectivity index (χ3n) is 3.93. The van der Waals surface area contributed by atoms with E-state index in [1.165, 1.54) is 23.2 Å². The van der Waals surface area contributed by atoms with Crippen LogP contribution in [0.15, 0.2) is 42.5 Å². The van der Waals surface area contributed by atoms with Gasteiger partial charge in [0.1, 0.15) is 5.75 Å². The first kappa shape index (κ1) is 17.3. The summed E-state index contributed by atoms with van der Waals surface area (Å²) >= 11 is 0. The molecule has 0 unspecified atom stereocenters. The van der Waals surface area contributed by atoms with Crippen LogP contribution in [0, 0.1) is 0 Å². The van der Waals surface area contributed by atoms with Crippen LogP contribution in [0.4, 0.5) is 5.69 Å². The number of nitrogens with zero attached hydrogens (tertiary/aromatic N) is 1. The second-order valence-electron chi connectivity index (χ2n) is 5.89. The third-order valence-corrected chi connectivity index (χ3v) is 5.14. The first-order valence-electron chi connectivity index (χ1n) is 7.46. The fourth-order valence-electron chi connectivity index (χ4n) is 2.35. The predicted octanol–water partition coefficient (Wildman–Crippen LogP) is 3.88. The van der Waals surface area contributed by atoms with E-state index in [2.05, 4.69) is 38.1 Å². The Morgan fingerprint density at radius 2 is 1.65 bits per heavy atom. The van der Waals surface area contributed by atoms with Crippen LogP contribution in [0.1, 0.15) is 25.3 Å². The highest BCUT2D eigenvalue weighted by Crippen LogP contribution is 2.34. The van der Waals surface area contributed by atoms with Gasteiger partial charge in [0.15, 0.2) is 0 Å². The Morgan fingerprint density at radius 3 is 2.13 bits per heavy atom. The minimum absolute atomic E-state index is 0.483. The zero-order valence-corrected chi connectivity index (χ0v) is 15.0. The summed E-state index contributed by atoms with van der Waals surface area (Å²) < 4.78 is 30.0. The van der Waals surface area contributed by atoms with Gasteiger partial charge in [0, 0.05) is 18.7 Å². The lowest BCUT2D eigenvalue weighted by atomic mass is 9.98. The quantitative estimate of drug-likeness (QED) is 0.834. The number of ether oxygens (including phenoxy) is 1. The Hall–Kier alpha value is -2.01. The number of rotatable bonds is 5. The summed E-state index contributed by atoms with van der Waals surface area (Å²) in [5.41, 5.74) is 3.83. The first-order chi connectivity index (χ1) is 10.7. The number of methoxy groups -OCH3 is 1. The molecule has 0 aliphatic heterocycles. The van der Waals surface area contributed by atoms with Gasteiger partial charge in [-0.1, -0.05) is 38.1 Å². The van der Waals surface area contributed by atoms with Crippen molar-refractivity contribution in [3.05, 3.63) is 48.0 Å². The van der Waals surface area contributed by atoms with Gasteiger partial charge >= 0.3 is 0 Å². The van der Waals surface area contributed by atoms with Crippen LogP contribution in [0.5, 0.6) is 5.75 Å². The van der Waals surface area contributed by atoms with Crippen LogP contribution in [-0.4, -0.2) is 28.8 Å². The van der Waals surface area contributed by atoms with E-state index in [0.717, 1.165) is 11.1 Å². The number of hydrogen-bond acceptors (Lipinski definition) is 3. The van der Waals surface area contributed by atoms with Crippen LogP contribution in [0.3, 0.4) is 0 Å². The standard InChI is InChI=1S/C18H23NO3S/c1-13(2)14-6-8-15(9-7-14)17-11-10-16(12-18(17)22-4)19(3)23(5,20)21/h6-13H,1-5H3. The molecule has 4 nitrogen and oxygen atoms in total. The van der Waals surface area contributed by atoms with Crippen LogP contribution in [0.25, 0.3) is 11.1 Å². The van der Waals surface area contributed by atoms with Gasteiger partial charge in [-0.05, 0) is 29.2 Å². The fraction of sp³-hybridized carbons (Fsp3) is 0.333. The van der Waals surface area contributed by atoms with Gasteiger partial charge < -0.3 is 4.74 Å². The molecule has 0 N–H and O–H groups in total. The van der Waals surface area contributed by atoms with Gasteiger partial charge in [0.05, 0.1) is 19.1 Å². The van der Waals surface area contributed by atoms with E-state index >= 15 is 0 Å². The van der Waals surface area contributed by atoms with E-state index < -0.39 is 10.0 Å². The van der Waals surface area contributed by atoms with Crippen molar-refractivity contribution in [2.45, 2.75) is 19.8 Å². The predicted molar refractivity (Wildman–Crippen MR) is 95.8 cm³/mol. The normalized spacial score (nSPS) is 11.6. The maximum atomic E-state index is 11.7. The number of benzene rings is 2. The highest BCUT2D eigenvalue weighted by molar-refractivity contribution is 7.92. The number of sulfonamides is 1. The molecule has 23 heavy (non-hydrogen) atoms. The van der Waals surface area contributed by atoms with Crippen molar-refractivity contribution in [1.29, 1.82) is 0 Å². The third kappa shape index (κ3) is 3.85. The Bertz CT molecular complexity index is 780. The maximum Gasteiger partial charge on any atom is 0.231 e. The van der Waals surface area contributed by atoms with Gasteiger partial charge in [-0.3, -0.25) is 4.31 Å². The van der Waals surface area contributed by atoms with E-state index in [1.54, 1.807) is 19.2 Å². The molecule has 0 fully saturated rings. The van der Waals surface area contributed by atoms with Crippen molar-refractivity contribution in [2.24, 2.45) is 0 Å². The molecule has 0 atom stereocenters. The molecule has 0 amide bonds. The summed E-state index contributed by atoms with van der Waals surface area (Å²) in [5, 5.41) is 0. The molecule has 2 rings (SSSR count). The highest BCUT2D eigenvalue weighted by Gasteiger charge is 2.15. The highest BCUT2D eigenvalue weighted by atomic mass is 32.2. The van der Waals surface area contributed by atoms with E-state index in [-0.39, 0.29) is 0 Å². The molecule has 2 aromatic carbocycles. The van der Waals surface area contributed by atoms with Crippen molar-refractivity contribution < 1.29 is 13.2 Å². The summed E-state index contributed by atoms with van der Waals surface area (Å²) in [5.74, 6) is 1.13. The molecule has 0 aliphatic rings. The SMILES string of the molecule is COc1cc(N(C)S(C)(=O)=O)ccc1-c1ccc(C(C)C)cc1. The van der Waals surface area contributed by atoms with E-state index in [1.807, 2.05) is 6.07 Å². The van der Waals surface area contributed by atoms with Gasteiger partial charge in [-0.15, -0.1) is 0 Å². The van der Waals surface area contributed by atoms with Crippen LogP contribution < -0.4 is 9.04 Å². The topological polar surface area (TPSA) is 46.6 Å². The molecular weight excluding hydrogens is 310 g/mol. The van der Waals surface area contributed by atoms with Crippen molar-refractivity contribution >= 4 is 15.7 Å². The molecule has 124 valence electrons. The summed E-state index contributed by atoms with van der Waals surface area (Å²) in [7, 11) is -0.178. The summed E-state index contributed by atoms with van der Waals surface area (Å²) in [6.45, 7) is 4.32. The second kappa shape index (κ2) is 6.62. The Morgan fingerprint density at radius 1 is 1.04 bits per heavy atom. The van der Waals surface area contributed by atoms with Crippen LogP contribution in [0.2, 0.25) is 0 Å². The van der Waals surface area contributed by atoms with Gasteiger partial charge in [0.2, 0.25) is 10.0 Å². The lowest BCUT2D eigenvalue weighted by Gasteiger charge is -2.19. The fourth-order valence-corrected chi connectivity index (χ4v) is 2.85. The second-order valence-corrected chi connectivity index (χ2v) is 7.91. The molecule has 0 saturated heterocycles. The van der Waals surface area contributed by atoms with Crippen molar-refractivity contribution in [2.75, 3.05) is 24.7 Å².